The first kappa shape index (κ1) is 19.1. The standard InChI is InChI=1S/C26H27NO3/c1-26(2,3)19-8-4-16(5-9-19)15-30-21-12-10-20(11-13-21)27-24(28)22-17-6-7-18(14-17)23(22)25(27)29/h4-13,17-18,22-23H,14-15H2,1-3H3. The van der Waals surface area contributed by atoms with Gasteiger partial charge in [-0.05, 0) is 59.1 Å². The molecule has 0 spiro atoms. The van der Waals surface area contributed by atoms with Crippen LogP contribution in [0.15, 0.2) is 60.7 Å². The van der Waals surface area contributed by atoms with Gasteiger partial charge < -0.3 is 4.74 Å². The maximum atomic E-state index is 12.9. The Morgan fingerprint density at radius 2 is 1.43 bits per heavy atom. The number of benzene rings is 2. The van der Waals surface area contributed by atoms with Crippen molar-refractivity contribution >= 4 is 17.5 Å². The number of nitrogens with zero attached hydrogens (tertiary/aromatic N) is 1. The van der Waals surface area contributed by atoms with E-state index in [0.717, 1.165) is 17.7 Å². The molecule has 2 fully saturated rings. The quantitative estimate of drug-likeness (QED) is 0.542. The molecule has 0 aromatic heterocycles. The van der Waals surface area contributed by atoms with E-state index in [1.807, 2.05) is 24.3 Å². The molecule has 1 saturated heterocycles. The zero-order valence-corrected chi connectivity index (χ0v) is 17.7. The predicted molar refractivity (Wildman–Crippen MR) is 116 cm³/mol. The average Bonchev–Trinajstić information content (AvgIpc) is 3.40. The van der Waals surface area contributed by atoms with Crippen LogP contribution in [0.2, 0.25) is 0 Å². The van der Waals surface area contributed by atoms with Crippen LogP contribution in [0, 0.1) is 23.7 Å². The first-order valence-corrected chi connectivity index (χ1v) is 10.7. The van der Waals surface area contributed by atoms with E-state index in [-0.39, 0.29) is 40.9 Å². The van der Waals surface area contributed by atoms with Gasteiger partial charge in [-0.25, -0.2) is 0 Å². The number of hydrogen-bond donors (Lipinski definition) is 0. The van der Waals surface area contributed by atoms with E-state index in [2.05, 4.69) is 57.2 Å². The van der Waals surface area contributed by atoms with E-state index >= 15 is 0 Å². The van der Waals surface area contributed by atoms with E-state index in [1.54, 1.807) is 0 Å². The summed E-state index contributed by atoms with van der Waals surface area (Å²) in [7, 11) is 0. The summed E-state index contributed by atoms with van der Waals surface area (Å²) in [4.78, 5) is 27.2. The van der Waals surface area contributed by atoms with Crippen LogP contribution in [0.4, 0.5) is 5.69 Å². The molecule has 2 aromatic carbocycles. The Morgan fingerprint density at radius 1 is 0.867 bits per heavy atom. The maximum absolute atomic E-state index is 12.9. The number of hydrogen-bond acceptors (Lipinski definition) is 3. The van der Waals surface area contributed by atoms with E-state index in [4.69, 9.17) is 4.74 Å². The van der Waals surface area contributed by atoms with Crippen LogP contribution in [0.1, 0.15) is 38.3 Å². The first-order valence-electron chi connectivity index (χ1n) is 10.7. The summed E-state index contributed by atoms with van der Waals surface area (Å²) in [6.45, 7) is 7.07. The van der Waals surface area contributed by atoms with Gasteiger partial charge in [0, 0.05) is 0 Å². The highest BCUT2D eigenvalue weighted by molar-refractivity contribution is 6.22. The monoisotopic (exact) mass is 401 g/mol. The minimum absolute atomic E-state index is 0.0468. The molecule has 4 heteroatoms. The average molecular weight is 402 g/mol. The Hall–Kier alpha value is -2.88. The summed E-state index contributed by atoms with van der Waals surface area (Å²) in [6.07, 6.45) is 5.18. The molecule has 30 heavy (non-hydrogen) atoms. The van der Waals surface area contributed by atoms with Gasteiger partial charge in [0.15, 0.2) is 0 Å². The molecule has 0 radical (unpaired) electrons. The number of anilines is 1. The highest BCUT2D eigenvalue weighted by Gasteiger charge is 2.59. The van der Waals surface area contributed by atoms with Crippen LogP contribution in [0.25, 0.3) is 0 Å². The fourth-order valence-electron chi connectivity index (χ4n) is 5.12. The Balaban J connectivity index is 1.25. The Morgan fingerprint density at radius 3 is 1.97 bits per heavy atom. The zero-order chi connectivity index (χ0) is 21.0. The minimum Gasteiger partial charge on any atom is -0.489 e. The van der Waals surface area contributed by atoms with Crippen LogP contribution < -0.4 is 9.64 Å². The van der Waals surface area contributed by atoms with Gasteiger partial charge in [0.1, 0.15) is 12.4 Å². The zero-order valence-electron chi connectivity index (χ0n) is 17.7. The van der Waals surface area contributed by atoms with Crippen molar-refractivity contribution in [2.75, 3.05) is 4.90 Å². The lowest BCUT2D eigenvalue weighted by atomic mass is 9.85. The number of rotatable bonds is 4. The Kier molecular flexibility index (Phi) is 4.35. The Bertz CT molecular complexity index is 984. The fraction of sp³-hybridized carbons (Fsp3) is 0.385. The summed E-state index contributed by atoms with van der Waals surface area (Å²) in [5, 5.41) is 0. The molecule has 1 saturated carbocycles. The van der Waals surface area contributed by atoms with E-state index in [9.17, 15) is 9.59 Å². The smallest absolute Gasteiger partial charge is 0.238 e. The maximum Gasteiger partial charge on any atom is 0.238 e. The molecule has 2 bridgehead atoms. The van der Waals surface area contributed by atoms with Crippen molar-refractivity contribution in [2.24, 2.45) is 23.7 Å². The predicted octanol–water partition coefficient (Wildman–Crippen LogP) is 4.87. The molecule has 2 amide bonds. The van der Waals surface area contributed by atoms with Crippen molar-refractivity contribution in [3.8, 4) is 5.75 Å². The van der Waals surface area contributed by atoms with Crippen LogP contribution in [0.5, 0.6) is 5.75 Å². The van der Waals surface area contributed by atoms with Crippen molar-refractivity contribution < 1.29 is 14.3 Å². The summed E-state index contributed by atoms with van der Waals surface area (Å²) in [6, 6.07) is 15.8. The van der Waals surface area contributed by atoms with Gasteiger partial charge in [0.2, 0.25) is 11.8 Å². The molecule has 1 aliphatic heterocycles. The summed E-state index contributed by atoms with van der Waals surface area (Å²) in [5.74, 6) is 0.755. The van der Waals surface area contributed by atoms with Gasteiger partial charge in [-0.3, -0.25) is 14.5 Å². The Labute approximate surface area is 177 Å². The topological polar surface area (TPSA) is 46.6 Å². The van der Waals surface area contributed by atoms with Crippen molar-refractivity contribution in [1.29, 1.82) is 0 Å². The van der Waals surface area contributed by atoms with Crippen molar-refractivity contribution in [3.63, 3.8) is 0 Å². The number of imide groups is 1. The van der Waals surface area contributed by atoms with Crippen molar-refractivity contribution in [2.45, 2.75) is 39.2 Å². The van der Waals surface area contributed by atoms with E-state index < -0.39 is 0 Å². The minimum atomic E-state index is -0.167. The van der Waals surface area contributed by atoms with Gasteiger partial charge in [0.05, 0.1) is 17.5 Å². The second kappa shape index (κ2) is 6.83. The lowest BCUT2D eigenvalue weighted by molar-refractivity contribution is -0.123. The van der Waals surface area contributed by atoms with Crippen molar-refractivity contribution in [3.05, 3.63) is 71.8 Å². The lowest BCUT2D eigenvalue weighted by Crippen LogP contribution is -2.32. The molecule has 0 N–H and O–H groups in total. The summed E-state index contributed by atoms with van der Waals surface area (Å²) >= 11 is 0. The highest BCUT2D eigenvalue weighted by Crippen LogP contribution is 2.53. The molecular weight excluding hydrogens is 374 g/mol. The fourth-order valence-corrected chi connectivity index (χ4v) is 5.12. The van der Waals surface area contributed by atoms with Crippen molar-refractivity contribution in [1.82, 2.24) is 0 Å². The number of amides is 2. The molecule has 154 valence electrons. The third-order valence-corrected chi connectivity index (χ3v) is 6.79. The normalized spacial score (nSPS) is 27.1. The molecule has 4 atom stereocenters. The van der Waals surface area contributed by atoms with E-state index in [0.29, 0.717) is 12.3 Å². The molecule has 2 aliphatic carbocycles. The number of carbonyl (C=O) groups is 2. The molecular formula is C26H27NO3. The third kappa shape index (κ3) is 3.06. The van der Waals surface area contributed by atoms with Crippen LogP contribution >= 0.6 is 0 Å². The molecule has 4 nitrogen and oxygen atoms in total. The number of ether oxygens (including phenoxy) is 1. The summed E-state index contributed by atoms with van der Waals surface area (Å²) in [5.41, 5.74) is 3.17. The van der Waals surface area contributed by atoms with Crippen LogP contribution in [-0.2, 0) is 21.6 Å². The molecule has 1 heterocycles. The molecule has 4 unspecified atom stereocenters. The van der Waals surface area contributed by atoms with Crippen LogP contribution in [-0.4, -0.2) is 11.8 Å². The van der Waals surface area contributed by atoms with Gasteiger partial charge in [0.25, 0.3) is 0 Å². The largest absolute Gasteiger partial charge is 0.489 e. The lowest BCUT2D eigenvalue weighted by Gasteiger charge is -2.19. The molecule has 5 rings (SSSR count). The van der Waals surface area contributed by atoms with Gasteiger partial charge in [-0.2, -0.15) is 0 Å². The van der Waals surface area contributed by atoms with Crippen LogP contribution in [0.3, 0.4) is 0 Å². The number of allylic oxidation sites excluding steroid dienone is 2. The summed E-state index contributed by atoms with van der Waals surface area (Å²) < 4.78 is 5.91. The SMILES string of the molecule is CC(C)(C)c1ccc(COc2ccc(N3C(=O)C4C5C=CC(C5)C4C3=O)cc2)cc1. The highest BCUT2D eigenvalue weighted by atomic mass is 16.5. The third-order valence-electron chi connectivity index (χ3n) is 6.79. The van der Waals surface area contributed by atoms with Gasteiger partial charge in [-0.15, -0.1) is 0 Å². The van der Waals surface area contributed by atoms with E-state index in [1.165, 1.54) is 10.5 Å². The van der Waals surface area contributed by atoms with Gasteiger partial charge in [-0.1, -0.05) is 57.2 Å². The molecule has 2 aromatic rings. The first-order chi connectivity index (χ1) is 14.3. The number of fused-ring (bicyclic) bond motifs is 5. The molecule has 3 aliphatic rings. The second-order valence-corrected chi connectivity index (χ2v) is 9.74. The second-order valence-electron chi connectivity index (χ2n) is 9.74. The van der Waals surface area contributed by atoms with Gasteiger partial charge >= 0.3 is 0 Å². The number of carbonyl (C=O) groups excluding carboxylic acids is 2.